The number of benzene rings is 1. The maximum Gasteiger partial charge on any atom is 0.241 e. The van der Waals surface area contributed by atoms with Crippen molar-refractivity contribution in [2.45, 2.75) is 43.2 Å². The molecule has 2 aliphatic rings. The second-order valence-corrected chi connectivity index (χ2v) is 8.01. The van der Waals surface area contributed by atoms with Gasteiger partial charge in [0.15, 0.2) is 0 Å². The van der Waals surface area contributed by atoms with Gasteiger partial charge in [0, 0.05) is 25.2 Å². The van der Waals surface area contributed by atoms with Crippen LogP contribution in [-0.4, -0.2) is 35.6 Å². The Morgan fingerprint density at radius 2 is 1.92 bits per heavy atom. The van der Waals surface area contributed by atoms with Gasteiger partial charge in [0.25, 0.3) is 0 Å². The summed E-state index contributed by atoms with van der Waals surface area (Å²) in [5.74, 6) is 0.726. The number of amides is 1. The van der Waals surface area contributed by atoms with Crippen LogP contribution in [-0.2, 0) is 21.4 Å². The van der Waals surface area contributed by atoms with Gasteiger partial charge in [-0.15, -0.1) is 0 Å². The summed E-state index contributed by atoms with van der Waals surface area (Å²) in [5, 5.41) is 4.11. The molecule has 0 saturated carbocycles. The molecule has 25 heavy (non-hydrogen) atoms. The zero-order chi connectivity index (χ0) is 17.4. The van der Waals surface area contributed by atoms with Crippen molar-refractivity contribution in [3.63, 3.8) is 0 Å². The average Bonchev–Trinajstić information content (AvgIpc) is 3.24. The van der Waals surface area contributed by atoms with Gasteiger partial charge in [-0.3, -0.25) is 4.79 Å². The molecule has 2 aliphatic heterocycles. The number of fused-ring (bicyclic) bond motifs is 1. The van der Waals surface area contributed by atoms with Crippen LogP contribution in [0.15, 0.2) is 35.5 Å². The average molecular weight is 361 g/mol. The molecule has 8 nitrogen and oxygen atoms in total. The molecule has 2 aromatic rings. The highest BCUT2D eigenvalue weighted by molar-refractivity contribution is 7.89. The largest absolute Gasteiger partial charge is 0.312 e. The van der Waals surface area contributed by atoms with E-state index in [1.54, 1.807) is 21.7 Å². The normalized spacial score (nSPS) is 20.7. The Morgan fingerprint density at radius 1 is 1.12 bits per heavy atom. The molecule has 1 atom stereocenters. The predicted molar refractivity (Wildman–Crippen MR) is 90.3 cm³/mol. The summed E-state index contributed by atoms with van der Waals surface area (Å²) in [7, 11) is -3.67. The van der Waals surface area contributed by atoms with Crippen molar-refractivity contribution >= 4 is 21.6 Å². The van der Waals surface area contributed by atoms with E-state index < -0.39 is 10.0 Å². The van der Waals surface area contributed by atoms with E-state index in [9.17, 15) is 13.2 Å². The minimum absolute atomic E-state index is 0.0790. The monoisotopic (exact) mass is 361 g/mol. The number of carbonyl (C=O) groups excluding carboxylic acids is 1. The lowest BCUT2D eigenvalue weighted by molar-refractivity contribution is -0.117. The molecule has 132 valence electrons. The quantitative estimate of drug-likeness (QED) is 0.883. The van der Waals surface area contributed by atoms with Gasteiger partial charge in [-0.2, -0.15) is 5.10 Å². The predicted octanol–water partition coefficient (Wildman–Crippen LogP) is 1.22. The van der Waals surface area contributed by atoms with Crippen molar-refractivity contribution in [2.24, 2.45) is 0 Å². The van der Waals surface area contributed by atoms with Crippen LogP contribution >= 0.6 is 0 Å². The topological polar surface area (TPSA) is 97.2 Å². The van der Waals surface area contributed by atoms with Gasteiger partial charge in [-0.05, 0) is 43.5 Å². The molecular weight excluding hydrogens is 342 g/mol. The molecule has 0 radical (unpaired) electrons. The van der Waals surface area contributed by atoms with Gasteiger partial charge in [-0.25, -0.2) is 22.8 Å². The molecule has 0 unspecified atom stereocenters. The lowest BCUT2D eigenvalue weighted by Crippen LogP contribution is -2.33. The second-order valence-electron chi connectivity index (χ2n) is 6.30. The van der Waals surface area contributed by atoms with Crippen LogP contribution in [0.25, 0.3) is 0 Å². The number of rotatable bonds is 4. The Kier molecular flexibility index (Phi) is 4.04. The van der Waals surface area contributed by atoms with Crippen LogP contribution < -0.4 is 9.62 Å². The van der Waals surface area contributed by atoms with Gasteiger partial charge >= 0.3 is 0 Å². The fourth-order valence-electron chi connectivity index (χ4n) is 3.38. The van der Waals surface area contributed by atoms with Gasteiger partial charge in [0.2, 0.25) is 15.9 Å². The second kappa shape index (κ2) is 6.23. The van der Waals surface area contributed by atoms with Crippen LogP contribution in [0.2, 0.25) is 0 Å². The first kappa shape index (κ1) is 16.2. The van der Waals surface area contributed by atoms with Crippen LogP contribution in [0.4, 0.5) is 5.69 Å². The van der Waals surface area contributed by atoms with E-state index in [0.717, 1.165) is 25.1 Å². The first-order chi connectivity index (χ1) is 12.0. The minimum atomic E-state index is -3.67. The number of nitrogens with one attached hydrogen (secondary N) is 1. The number of aromatic nitrogens is 3. The van der Waals surface area contributed by atoms with Crippen LogP contribution in [0.3, 0.4) is 0 Å². The standard InChI is InChI=1S/C16H19N5O3S/c22-15-4-2-9-20(15)12-5-7-13(8-6-12)25(23,24)19-14-3-1-10-21-16(14)17-11-18-21/h5-8,11,14,19H,1-4,9-10H2/t14-/m0/s1. The fourth-order valence-corrected chi connectivity index (χ4v) is 4.61. The zero-order valence-corrected chi connectivity index (χ0v) is 14.4. The Bertz CT molecular complexity index is 891. The SMILES string of the molecule is O=C1CCCN1c1ccc(S(=O)(=O)N[C@H]2CCCn3ncnc32)cc1. The molecule has 0 aliphatic carbocycles. The third-order valence-electron chi connectivity index (χ3n) is 4.65. The first-order valence-electron chi connectivity index (χ1n) is 8.35. The number of carbonyl (C=O) groups is 1. The number of aryl methyl sites for hydroxylation is 1. The Hall–Kier alpha value is -2.26. The lowest BCUT2D eigenvalue weighted by Gasteiger charge is -2.23. The number of nitrogens with zero attached hydrogens (tertiary/aromatic N) is 4. The Balaban J connectivity index is 1.54. The number of sulfonamides is 1. The Morgan fingerprint density at radius 3 is 2.64 bits per heavy atom. The molecule has 1 N–H and O–H groups in total. The van der Waals surface area contributed by atoms with Crippen molar-refractivity contribution in [3.8, 4) is 0 Å². The summed E-state index contributed by atoms with van der Waals surface area (Å²) < 4.78 is 29.8. The molecule has 1 amide bonds. The molecule has 4 rings (SSSR count). The highest BCUT2D eigenvalue weighted by atomic mass is 32.2. The van der Waals surface area contributed by atoms with E-state index in [1.807, 2.05) is 0 Å². The molecule has 1 aromatic heterocycles. The van der Waals surface area contributed by atoms with Gasteiger partial charge in [-0.1, -0.05) is 0 Å². The molecule has 1 saturated heterocycles. The van der Waals surface area contributed by atoms with Gasteiger partial charge in [0.05, 0.1) is 10.9 Å². The molecule has 1 aromatic carbocycles. The fraction of sp³-hybridized carbons (Fsp3) is 0.438. The van der Waals surface area contributed by atoms with E-state index >= 15 is 0 Å². The summed E-state index contributed by atoms with van der Waals surface area (Å²) in [6, 6.07) is 6.07. The maximum absolute atomic E-state index is 12.7. The van der Waals surface area contributed by atoms with Crippen molar-refractivity contribution in [2.75, 3.05) is 11.4 Å². The third kappa shape index (κ3) is 3.05. The lowest BCUT2D eigenvalue weighted by atomic mass is 10.1. The maximum atomic E-state index is 12.7. The molecule has 1 fully saturated rings. The minimum Gasteiger partial charge on any atom is -0.312 e. The summed E-state index contributed by atoms with van der Waals surface area (Å²) in [5.41, 5.74) is 0.735. The summed E-state index contributed by atoms with van der Waals surface area (Å²) in [6.07, 6.45) is 4.37. The van der Waals surface area contributed by atoms with Crippen molar-refractivity contribution in [1.29, 1.82) is 0 Å². The Labute approximate surface area is 145 Å². The molecule has 3 heterocycles. The van der Waals surface area contributed by atoms with E-state index in [2.05, 4.69) is 14.8 Å². The summed E-state index contributed by atoms with van der Waals surface area (Å²) in [6.45, 7) is 1.44. The molecule has 9 heteroatoms. The number of hydrogen-bond donors (Lipinski definition) is 1. The summed E-state index contributed by atoms with van der Waals surface area (Å²) >= 11 is 0. The van der Waals surface area contributed by atoms with E-state index in [-0.39, 0.29) is 16.8 Å². The van der Waals surface area contributed by atoms with Crippen LogP contribution in [0.5, 0.6) is 0 Å². The van der Waals surface area contributed by atoms with Crippen molar-refractivity contribution < 1.29 is 13.2 Å². The number of hydrogen-bond acceptors (Lipinski definition) is 5. The van der Waals surface area contributed by atoms with Crippen LogP contribution in [0, 0.1) is 0 Å². The van der Waals surface area contributed by atoms with Gasteiger partial charge in [0.1, 0.15) is 12.2 Å². The molecule has 0 bridgehead atoms. The van der Waals surface area contributed by atoms with Crippen molar-refractivity contribution in [1.82, 2.24) is 19.5 Å². The van der Waals surface area contributed by atoms with Crippen molar-refractivity contribution in [3.05, 3.63) is 36.4 Å². The van der Waals surface area contributed by atoms with E-state index in [1.165, 1.54) is 18.5 Å². The summed E-state index contributed by atoms with van der Waals surface area (Å²) in [4.78, 5) is 17.8. The van der Waals surface area contributed by atoms with E-state index in [0.29, 0.717) is 25.2 Å². The highest BCUT2D eigenvalue weighted by Gasteiger charge is 2.28. The first-order valence-corrected chi connectivity index (χ1v) is 9.83. The smallest absolute Gasteiger partial charge is 0.241 e. The molecule has 0 spiro atoms. The molecular formula is C16H19N5O3S. The van der Waals surface area contributed by atoms with E-state index in [4.69, 9.17) is 0 Å². The zero-order valence-electron chi connectivity index (χ0n) is 13.6. The third-order valence-corrected chi connectivity index (χ3v) is 6.14. The van der Waals surface area contributed by atoms with Crippen LogP contribution in [0.1, 0.15) is 37.5 Å². The van der Waals surface area contributed by atoms with Gasteiger partial charge < -0.3 is 4.90 Å². The number of anilines is 1. The highest BCUT2D eigenvalue weighted by Crippen LogP contribution is 2.26.